The number of halogens is 1. The second kappa shape index (κ2) is 7.79. The highest BCUT2D eigenvalue weighted by atomic mass is 35.5. The maximum absolute atomic E-state index is 11.7. The van der Waals surface area contributed by atoms with Crippen LogP contribution < -0.4 is 20.5 Å². The van der Waals surface area contributed by atoms with Gasteiger partial charge in [-0.1, -0.05) is 6.92 Å². The van der Waals surface area contributed by atoms with E-state index in [4.69, 9.17) is 15.2 Å². The number of carbonyl (C=O) groups excluding carboxylic acids is 1. The number of nitrogens with one attached hydrogen (secondary N) is 1. The Bertz CT molecular complexity index is 377. The number of rotatable bonds is 5. The van der Waals surface area contributed by atoms with Gasteiger partial charge < -0.3 is 20.5 Å². The summed E-state index contributed by atoms with van der Waals surface area (Å²) in [5, 5.41) is 2.76. The van der Waals surface area contributed by atoms with Crippen molar-refractivity contribution in [1.82, 2.24) is 0 Å². The first-order valence-electron chi connectivity index (χ1n) is 5.34. The van der Waals surface area contributed by atoms with E-state index in [1.807, 2.05) is 0 Å². The fourth-order valence-electron chi connectivity index (χ4n) is 1.25. The molecule has 0 aromatic heterocycles. The molecule has 0 aliphatic heterocycles. The molecule has 102 valence electrons. The van der Waals surface area contributed by atoms with Gasteiger partial charge in [-0.2, -0.15) is 0 Å². The molecule has 1 amide bonds. The fourth-order valence-corrected chi connectivity index (χ4v) is 1.25. The molecule has 0 radical (unpaired) electrons. The predicted octanol–water partition coefficient (Wildman–Crippen LogP) is 1.66. The van der Waals surface area contributed by atoms with Gasteiger partial charge in [-0.05, 0) is 0 Å². The third kappa shape index (κ3) is 4.43. The number of nitrogens with two attached hydrogens (primary N) is 1. The van der Waals surface area contributed by atoms with Crippen LogP contribution in [0, 0.1) is 5.92 Å². The number of ether oxygens (including phenoxy) is 2. The molecule has 0 aliphatic carbocycles. The Hall–Kier alpha value is -1.46. The second-order valence-electron chi connectivity index (χ2n) is 3.73. The Labute approximate surface area is 113 Å². The number of hydrogen-bond donors (Lipinski definition) is 2. The average Bonchev–Trinajstić information content (AvgIpc) is 2.36. The minimum absolute atomic E-state index is 0. The van der Waals surface area contributed by atoms with Crippen LogP contribution in [0.25, 0.3) is 0 Å². The number of anilines is 1. The lowest BCUT2D eigenvalue weighted by molar-refractivity contribution is -0.119. The van der Waals surface area contributed by atoms with Crippen LogP contribution >= 0.6 is 12.4 Å². The summed E-state index contributed by atoms with van der Waals surface area (Å²) < 4.78 is 10.2. The summed E-state index contributed by atoms with van der Waals surface area (Å²) in [5.41, 5.74) is 6.06. The van der Waals surface area contributed by atoms with Gasteiger partial charge in [0.2, 0.25) is 5.91 Å². The van der Waals surface area contributed by atoms with E-state index in [1.54, 1.807) is 39.3 Å². The summed E-state index contributed by atoms with van der Waals surface area (Å²) in [7, 11) is 3.12. The van der Waals surface area contributed by atoms with Crippen molar-refractivity contribution >= 4 is 24.0 Å². The minimum atomic E-state index is -0.229. The number of methoxy groups -OCH3 is 2. The molecule has 0 bridgehead atoms. The van der Waals surface area contributed by atoms with Gasteiger partial charge in [-0.3, -0.25) is 4.79 Å². The molecule has 0 aliphatic rings. The summed E-state index contributed by atoms with van der Waals surface area (Å²) in [6.45, 7) is 2.08. The van der Waals surface area contributed by atoms with Crippen molar-refractivity contribution in [3.05, 3.63) is 18.2 Å². The smallest absolute Gasteiger partial charge is 0.228 e. The van der Waals surface area contributed by atoms with E-state index >= 15 is 0 Å². The molecule has 1 aromatic carbocycles. The Morgan fingerprint density at radius 3 is 2.17 bits per heavy atom. The number of carbonyl (C=O) groups is 1. The topological polar surface area (TPSA) is 73.6 Å². The standard InChI is InChI=1S/C12H18N2O3.ClH/c1-8(7-13)12(15)14-9-4-10(16-2)6-11(5-9)17-3;/h4-6,8H,7,13H2,1-3H3,(H,14,15);1H. The molecule has 5 nitrogen and oxygen atoms in total. The Morgan fingerprint density at radius 2 is 1.78 bits per heavy atom. The highest BCUT2D eigenvalue weighted by molar-refractivity contribution is 5.92. The Kier molecular flexibility index (Phi) is 7.16. The largest absolute Gasteiger partial charge is 0.497 e. The molecule has 6 heteroatoms. The van der Waals surface area contributed by atoms with Crippen LogP contribution in [-0.4, -0.2) is 26.7 Å². The van der Waals surface area contributed by atoms with E-state index in [1.165, 1.54) is 0 Å². The van der Waals surface area contributed by atoms with E-state index in [-0.39, 0.29) is 24.2 Å². The molecule has 1 unspecified atom stereocenters. The van der Waals surface area contributed by atoms with Gasteiger partial charge in [0.25, 0.3) is 0 Å². The third-order valence-electron chi connectivity index (χ3n) is 2.42. The molecular weight excluding hydrogens is 256 g/mol. The quantitative estimate of drug-likeness (QED) is 0.856. The summed E-state index contributed by atoms with van der Waals surface area (Å²) in [6, 6.07) is 5.19. The van der Waals surface area contributed by atoms with Gasteiger partial charge in [0.15, 0.2) is 0 Å². The molecule has 18 heavy (non-hydrogen) atoms. The van der Waals surface area contributed by atoms with Crippen LogP contribution in [0.3, 0.4) is 0 Å². The van der Waals surface area contributed by atoms with Crippen molar-refractivity contribution in [3.63, 3.8) is 0 Å². The third-order valence-corrected chi connectivity index (χ3v) is 2.42. The van der Waals surface area contributed by atoms with Gasteiger partial charge in [-0.15, -0.1) is 12.4 Å². The molecule has 0 saturated heterocycles. The summed E-state index contributed by atoms with van der Waals surface area (Å²) in [6.07, 6.45) is 0. The maximum Gasteiger partial charge on any atom is 0.228 e. The second-order valence-corrected chi connectivity index (χ2v) is 3.73. The maximum atomic E-state index is 11.7. The summed E-state index contributed by atoms with van der Waals surface area (Å²) in [5.74, 6) is 0.898. The monoisotopic (exact) mass is 274 g/mol. The number of hydrogen-bond acceptors (Lipinski definition) is 4. The minimum Gasteiger partial charge on any atom is -0.497 e. The van der Waals surface area contributed by atoms with E-state index in [0.29, 0.717) is 23.7 Å². The van der Waals surface area contributed by atoms with E-state index in [2.05, 4.69) is 5.32 Å². The highest BCUT2D eigenvalue weighted by Crippen LogP contribution is 2.25. The molecule has 3 N–H and O–H groups in total. The van der Waals surface area contributed by atoms with Crippen LogP contribution in [0.15, 0.2) is 18.2 Å². The van der Waals surface area contributed by atoms with Crippen LogP contribution in [-0.2, 0) is 4.79 Å². The highest BCUT2D eigenvalue weighted by Gasteiger charge is 2.12. The fraction of sp³-hybridized carbons (Fsp3) is 0.417. The Morgan fingerprint density at radius 1 is 1.28 bits per heavy atom. The van der Waals surface area contributed by atoms with Crippen molar-refractivity contribution in [2.75, 3.05) is 26.1 Å². The van der Waals surface area contributed by atoms with Crippen LogP contribution in [0.5, 0.6) is 11.5 Å². The molecular formula is C12H19ClN2O3. The Balaban J connectivity index is 0.00000289. The molecule has 0 fully saturated rings. The SMILES string of the molecule is COc1cc(NC(=O)C(C)CN)cc(OC)c1.Cl. The lowest BCUT2D eigenvalue weighted by Crippen LogP contribution is -2.26. The van der Waals surface area contributed by atoms with Crippen molar-refractivity contribution in [2.24, 2.45) is 11.7 Å². The molecule has 1 rings (SSSR count). The van der Waals surface area contributed by atoms with Gasteiger partial charge in [-0.25, -0.2) is 0 Å². The van der Waals surface area contributed by atoms with Crippen LogP contribution in [0.4, 0.5) is 5.69 Å². The van der Waals surface area contributed by atoms with E-state index < -0.39 is 0 Å². The molecule has 1 aromatic rings. The predicted molar refractivity (Wildman–Crippen MR) is 73.6 cm³/mol. The normalized spacial score (nSPS) is 11.1. The zero-order chi connectivity index (χ0) is 12.8. The molecule has 1 atom stereocenters. The zero-order valence-corrected chi connectivity index (χ0v) is 11.5. The lowest BCUT2D eigenvalue weighted by atomic mass is 10.1. The van der Waals surface area contributed by atoms with Gasteiger partial charge in [0.05, 0.1) is 14.2 Å². The zero-order valence-electron chi connectivity index (χ0n) is 10.7. The molecule has 0 spiro atoms. The summed E-state index contributed by atoms with van der Waals surface area (Å²) in [4.78, 5) is 11.7. The van der Waals surface area contributed by atoms with Crippen LogP contribution in [0.2, 0.25) is 0 Å². The van der Waals surface area contributed by atoms with Gasteiger partial charge in [0, 0.05) is 36.3 Å². The van der Waals surface area contributed by atoms with Crippen molar-refractivity contribution in [1.29, 1.82) is 0 Å². The first kappa shape index (κ1) is 16.5. The number of amides is 1. The average molecular weight is 275 g/mol. The first-order chi connectivity index (χ1) is 8.10. The van der Waals surface area contributed by atoms with Crippen molar-refractivity contribution < 1.29 is 14.3 Å². The van der Waals surface area contributed by atoms with Gasteiger partial charge >= 0.3 is 0 Å². The van der Waals surface area contributed by atoms with E-state index in [9.17, 15) is 4.79 Å². The number of benzene rings is 1. The van der Waals surface area contributed by atoms with Gasteiger partial charge in [0.1, 0.15) is 11.5 Å². The summed E-state index contributed by atoms with van der Waals surface area (Å²) >= 11 is 0. The van der Waals surface area contributed by atoms with E-state index in [0.717, 1.165) is 0 Å². The van der Waals surface area contributed by atoms with Crippen molar-refractivity contribution in [2.45, 2.75) is 6.92 Å². The lowest BCUT2D eigenvalue weighted by Gasteiger charge is -2.12. The molecule has 0 saturated carbocycles. The van der Waals surface area contributed by atoms with Crippen molar-refractivity contribution in [3.8, 4) is 11.5 Å². The first-order valence-corrected chi connectivity index (χ1v) is 5.34. The van der Waals surface area contributed by atoms with Crippen LogP contribution in [0.1, 0.15) is 6.92 Å². The molecule has 0 heterocycles.